The molecule has 2 N–H and O–H groups in total. The maximum atomic E-state index is 5.47. The van der Waals surface area contributed by atoms with Crippen molar-refractivity contribution < 1.29 is 0 Å². The van der Waals surface area contributed by atoms with Crippen LogP contribution in [0.3, 0.4) is 0 Å². The van der Waals surface area contributed by atoms with Gasteiger partial charge in [-0.05, 0) is 57.1 Å². The zero-order valence-electron chi connectivity index (χ0n) is 9.95. The van der Waals surface area contributed by atoms with Crippen LogP contribution in [0, 0.1) is 0 Å². The fourth-order valence-corrected chi connectivity index (χ4v) is 2.10. The Morgan fingerprint density at radius 2 is 2.06 bits per heavy atom. The number of rotatable bonds is 7. The van der Waals surface area contributed by atoms with Crippen LogP contribution in [0.5, 0.6) is 0 Å². The van der Waals surface area contributed by atoms with E-state index in [0.717, 1.165) is 36.9 Å². The molecule has 0 aliphatic rings. The van der Waals surface area contributed by atoms with Crippen molar-refractivity contribution in [2.45, 2.75) is 19.3 Å². The molecule has 3 heteroatoms. The first-order chi connectivity index (χ1) is 7.72. The van der Waals surface area contributed by atoms with Crippen LogP contribution in [0.1, 0.15) is 18.4 Å². The summed E-state index contributed by atoms with van der Waals surface area (Å²) in [6.07, 6.45) is 3.44. The van der Waals surface area contributed by atoms with Gasteiger partial charge in [-0.1, -0.05) is 28.1 Å². The average molecular weight is 285 g/mol. The molecular formula is C13H21BrN2. The molecule has 0 spiro atoms. The zero-order valence-corrected chi connectivity index (χ0v) is 11.5. The highest BCUT2D eigenvalue weighted by Gasteiger charge is 1.99. The minimum atomic E-state index is 0.805. The Morgan fingerprint density at radius 1 is 1.25 bits per heavy atom. The van der Waals surface area contributed by atoms with Gasteiger partial charge in [0.05, 0.1) is 0 Å². The highest BCUT2D eigenvalue weighted by Crippen LogP contribution is 2.12. The summed E-state index contributed by atoms with van der Waals surface area (Å²) in [6.45, 7) is 3.06. The molecule has 0 unspecified atom stereocenters. The first kappa shape index (κ1) is 13.7. The van der Waals surface area contributed by atoms with Gasteiger partial charge >= 0.3 is 0 Å². The first-order valence-electron chi connectivity index (χ1n) is 5.85. The van der Waals surface area contributed by atoms with Crippen LogP contribution in [0.25, 0.3) is 0 Å². The number of hydrogen-bond donors (Lipinski definition) is 1. The molecule has 16 heavy (non-hydrogen) atoms. The second-order valence-corrected chi connectivity index (χ2v) is 5.09. The number of hydrogen-bond acceptors (Lipinski definition) is 2. The SMILES string of the molecule is CN(CCCCN)CCc1cccc(Br)c1. The molecule has 2 nitrogen and oxygen atoms in total. The Morgan fingerprint density at radius 3 is 2.75 bits per heavy atom. The minimum absolute atomic E-state index is 0.805. The standard InChI is InChI=1S/C13H21BrN2/c1-16(9-3-2-8-15)10-7-12-5-4-6-13(14)11-12/h4-6,11H,2-3,7-10,15H2,1H3. The van der Waals surface area contributed by atoms with Gasteiger partial charge in [-0.15, -0.1) is 0 Å². The first-order valence-corrected chi connectivity index (χ1v) is 6.64. The number of nitrogens with zero attached hydrogens (tertiary/aromatic N) is 1. The lowest BCUT2D eigenvalue weighted by atomic mass is 10.1. The summed E-state index contributed by atoms with van der Waals surface area (Å²) in [6, 6.07) is 8.52. The maximum Gasteiger partial charge on any atom is 0.0178 e. The van der Waals surface area contributed by atoms with E-state index in [1.807, 2.05) is 0 Å². The third-order valence-corrected chi connectivity index (χ3v) is 3.16. The monoisotopic (exact) mass is 284 g/mol. The Hall–Kier alpha value is -0.380. The molecule has 90 valence electrons. The molecule has 0 aliphatic heterocycles. The van der Waals surface area contributed by atoms with Crippen LogP contribution >= 0.6 is 15.9 Å². The summed E-state index contributed by atoms with van der Waals surface area (Å²) in [5.41, 5.74) is 6.86. The Kier molecular flexibility index (Phi) is 6.69. The Bertz CT molecular complexity index is 302. The molecule has 0 bridgehead atoms. The van der Waals surface area contributed by atoms with Gasteiger partial charge in [0.2, 0.25) is 0 Å². The molecule has 0 aromatic heterocycles. The second-order valence-electron chi connectivity index (χ2n) is 4.18. The molecule has 0 heterocycles. The van der Waals surface area contributed by atoms with Crippen LogP contribution < -0.4 is 5.73 Å². The lowest BCUT2D eigenvalue weighted by molar-refractivity contribution is 0.331. The molecule has 0 atom stereocenters. The lowest BCUT2D eigenvalue weighted by Crippen LogP contribution is -2.23. The van der Waals surface area contributed by atoms with E-state index in [9.17, 15) is 0 Å². The van der Waals surface area contributed by atoms with E-state index in [1.54, 1.807) is 0 Å². The molecule has 0 amide bonds. The third-order valence-electron chi connectivity index (χ3n) is 2.67. The molecule has 1 aromatic carbocycles. The molecule has 0 saturated carbocycles. The summed E-state index contributed by atoms with van der Waals surface area (Å²) in [7, 11) is 2.18. The van der Waals surface area contributed by atoms with Crippen molar-refractivity contribution in [3.05, 3.63) is 34.3 Å². The smallest absolute Gasteiger partial charge is 0.0178 e. The predicted octanol–water partition coefficient (Wildman–Crippen LogP) is 2.66. The van der Waals surface area contributed by atoms with E-state index in [2.05, 4.69) is 52.1 Å². The quantitative estimate of drug-likeness (QED) is 0.780. The van der Waals surface area contributed by atoms with Crippen molar-refractivity contribution in [2.24, 2.45) is 5.73 Å². The number of likely N-dealkylation sites (N-methyl/N-ethyl adjacent to an activating group) is 1. The highest BCUT2D eigenvalue weighted by atomic mass is 79.9. The van der Waals surface area contributed by atoms with Crippen molar-refractivity contribution in [1.82, 2.24) is 4.90 Å². The van der Waals surface area contributed by atoms with Crippen molar-refractivity contribution in [1.29, 1.82) is 0 Å². The molecular weight excluding hydrogens is 264 g/mol. The van der Waals surface area contributed by atoms with E-state index in [1.165, 1.54) is 12.0 Å². The highest BCUT2D eigenvalue weighted by molar-refractivity contribution is 9.10. The van der Waals surface area contributed by atoms with Gasteiger partial charge in [-0.25, -0.2) is 0 Å². The molecule has 0 aliphatic carbocycles. The summed E-state index contributed by atoms with van der Waals surface area (Å²) < 4.78 is 1.16. The Balaban J connectivity index is 2.23. The van der Waals surface area contributed by atoms with E-state index in [4.69, 9.17) is 5.73 Å². The maximum absolute atomic E-state index is 5.47. The number of unbranched alkanes of at least 4 members (excludes halogenated alkanes) is 1. The lowest BCUT2D eigenvalue weighted by Gasteiger charge is -2.16. The summed E-state index contributed by atoms with van der Waals surface area (Å²) >= 11 is 3.49. The van der Waals surface area contributed by atoms with Crippen molar-refractivity contribution in [3.63, 3.8) is 0 Å². The van der Waals surface area contributed by atoms with Crippen molar-refractivity contribution >= 4 is 15.9 Å². The molecule has 1 aromatic rings. The van der Waals surface area contributed by atoms with Gasteiger partial charge in [-0.2, -0.15) is 0 Å². The van der Waals surface area contributed by atoms with Gasteiger partial charge in [0.15, 0.2) is 0 Å². The van der Waals surface area contributed by atoms with Crippen LogP contribution in [-0.2, 0) is 6.42 Å². The largest absolute Gasteiger partial charge is 0.330 e. The predicted molar refractivity (Wildman–Crippen MR) is 73.6 cm³/mol. The van der Waals surface area contributed by atoms with E-state index in [-0.39, 0.29) is 0 Å². The van der Waals surface area contributed by atoms with Gasteiger partial charge in [-0.3, -0.25) is 0 Å². The van der Waals surface area contributed by atoms with Gasteiger partial charge in [0, 0.05) is 11.0 Å². The van der Waals surface area contributed by atoms with Crippen LogP contribution in [0.2, 0.25) is 0 Å². The van der Waals surface area contributed by atoms with Crippen LogP contribution in [0.4, 0.5) is 0 Å². The van der Waals surface area contributed by atoms with Crippen LogP contribution in [-0.4, -0.2) is 31.6 Å². The van der Waals surface area contributed by atoms with Gasteiger partial charge in [0.1, 0.15) is 0 Å². The number of nitrogens with two attached hydrogens (primary N) is 1. The fourth-order valence-electron chi connectivity index (χ4n) is 1.65. The minimum Gasteiger partial charge on any atom is -0.330 e. The van der Waals surface area contributed by atoms with Crippen LogP contribution in [0.15, 0.2) is 28.7 Å². The molecule has 0 fully saturated rings. The summed E-state index contributed by atoms with van der Waals surface area (Å²) in [5, 5.41) is 0. The summed E-state index contributed by atoms with van der Waals surface area (Å²) in [5.74, 6) is 0. The Labute approximate surface area is 107 Å². The molecule has 0 radical (unpaired) electrons. The van der Waals surface area contributed by atoms with E-state index >= 15 is 0 Å². The zero-order chi connectivity index (χ0) is 11.8. The molecule has 1 rings (SSSR count). The fraction of sp³-hybridized carbons (Fsp3) is 0.538. The topological polar surface area (TPSA) is 29.3 Å². The number of halogens is 1. The van der Waals surface area contributed by atoms with E-state index < -0.39 is 0 Å². The van der Waals surface area contributed by atoms with Gasteiger partial charge < -0.3 is 10.6 Å². The third kappa shape index (κ3) is 5.64. The normalized spacial score (nSPS) is 11.0. The summed E-state index contributed by atoms with van der Waals surface area (Å²) in [4.78, 5) is 2.37. The number of benzene rings is 1. The molecule has 0 saturated heterocycles. The van der Waals surface area contributed by atoms with E-state index in [0.29, 0.717) is 0 Å². The van der Waals surface area contributed by atoms with Crippen molar-refractivity contribution in [2.75, 3.05) is 26.7 Å². The second kappa shape index (κ2) is 7.82. The van der Waals surface area contributed by atoms with Gasteiger partial charge in [0.25, 0.3) is 0 Å². The average Bonchev–Trinajstić information content (AvgIpc) is 2.27. The van der Waals surface area contributed by atoms with Crippen molar-refractivity contribution in [3.8, 4) is 0 Å².